The van der Waals surface area contributed by atoms with Crippen molar-refractivity contribution in [2.75, 3.05) is 7.11 Å². The number of hydrogen-bond donors (Lipinski definition) is 0. The molecule has 1 aliphatic carbocycles. The lowest BCUT2D eigenvalue weighted by molar-refractivity contribution is -0.0882. The maximum Gasteiger partial charge on any atom is 0.424 e. The third-order valence-electron chi connectivity index (χ3n) is 1.25. The maximum atomic E-state index is 12.0. The third-order valence-corrected chi connectivity index (χ3v) is 1.25. The molecule has 0 radical (unpaired) electrons. The molecule has 0 aromatic heterocycles. The summed E-state index contributed by atoms with van der Waals surface area (Å²) in [5.41, 5.74) is 3.30. The van der Waals surface area contributed by atoms with E-state index in [1.807, 2.05) is 5.73 Å². The van der Waals surface area contributed by atoms with Crippen molar-refractivity contribution in [1.82, 2.24) is 0 Å². The molecular formula is C8H5F3O. The van der Waals surface area contributed by atoms with E-state index >= 15 is 0 Å². The lowest BCUT2D eigenvalue weighted by atomic mass is 10.2. The first kappa shape index (κ1) is 8.72. The maximum absolute atomic E-state index is 12.0. The van der Waals surface area contributed by atoms with Gasteiger partial charge >= 0.3 is 6.18 Å². The van der Waals surface area contributed by atoms with Crippen LogP contribution in [0.15, 0.2) is 34.9 Å². The van der Waals surface area contributed by atoms with Gasteiger partial charge in [-0.1, -0.05) is 11.5 Å². The second kappa shape index (κ2) is 2.94. The van der Waals surface area contributed by atoms with E-state index in [2.05, 4.69) is 10.5 Å². The van der Waals surface area contributed by atoms with Crippen molar-refractivity contribution in [3.63, 3.8) is 0 Å². The Morgan fingerprint density at radius 1 is 1.42 bits per heavy atom. The van der Waals surface area contributed by atoms with E-state index in [9.17, 15) is 13.2 Å². The molecule has 1 aliphatic rings. The van der Waals surface area contributed by atoms with Crippen molar-refractivity contribution in [2.24, 2.45) is 0 Å². The quantitative estimate of drug-likeness (QED) is 0.554. The van der Waals surface area contributed by atoms with E-state index in [1.165, 1.54) is 13.2 Å². The van der Waals surface area contributed by atoms with Crippen molar-refractivity contribution >= 4 is 0 Å². The van der Waals surface area contributed by atoms with Crippen LogP contribution in [0.2, 0.25) is 0 Å². The summed E-state index contributed by atoms with van der Waals surface area (Å²) < 4.78 is 40.6. The summed E-state index contributed by atoms with van der Waals surface area (Å²) in [6.07, 6.45) is -2.23. The fourth-order valence-electron chi connectivity index (χ4n) is 0.676. The van der Waals surface area contributed by atoms with Gasteiger partial charge in [0.25, 0.3) is 0 Å². The topological polar surface area (TPSA) is 9.23 Å². The Bertz CT molecular complexity index is 310. The van der Waals surface area contributed by atoms with Gasteiger partial charge in [0.2, 0.25) is 0 Å². The first-order valence-electron chi connectivity index (χ1n) is 3.08. The van der Waals surface area contributed by atoms with Gasteiger partial charge in [0, 0.05) is 12.2 Å². The van der Waals surface area contributed by atoms with E-state index in [0.29, 0.717) is 0 Å². The molecule has 0 spiro atoms. The van der Waals surface area contributed by atoms with Crippen molar-refractivity contribution in [2.45, 2.75) is 6.18 Å². The van der Waals surface area contributed by atoms with Crippen LogP contribution in [0.4, 0.5) is 13.2 Å². The van der Waals surface area contributed by atoms with Crippen LogP contribution in [0.1, 0.15) is 0 Å². The van der Waals surface area contributed by atoms with E-state index in [0.717, 1.165) is 6.08 Å². The molecule has 0 fully saturated rings. The molecule has 0 aliphatic heterocycles. The highest BCUT2D eigenvalue weighted by Gasteiger charge is 2.33. The Kier molecular flexibility index (Phi) is 2.13. The van der Waals surface area contributed by atoms with Gasteiger partial charge < -0.3 is 4.74 Å². The molecule has 0 aromatic rings. The number of hydrogen-bond acceptors (Lipinski definition) is 1. The fraction of sp³-hybridized carbons (Fsp3) is 0.250. The summed E-state index contributed by atoms with van der Waals surface area (Å²) in [6.45, 7) is 0. The number of halogens is 3. The molecule has 64 valence electrons. The zero-order valence-electron chi connectivity index (χ0n) is 6.20. The number of alkyl halides is 3. The normalized spacial score (nSPS) is 15.7. The Labute approximate surface area is 67.1 Å². The number of methoxy groups -OCH3 is 1. The molecule has 0 amide bonds. The van der Waals surface area contributed by atoms with E-state index in [-0.39, 0.29) is 5.76 Å². The lowest BCUT2D eigenvalue weighted by Gasteiger charge is -2.07. The zero-order valence-corrected chi connectivity index (χ0v) is 6.20. The SMILES string of the molecule is COC1=CC(C(F)(F)F)=C=C=C1. The van der Waals surface area contributed by atoms with Gasteiger partial charge in [0.15, 0.2) is 0 Å². The molecule has 0 bridgehead atoms. The van der Waals surface area contributed by atoms with Crippen LogP contribution in [0.3, 0.4) is 0 Å². The molecule has 4 heteroatoms. The summed E-state index contributed by atoms with van der Waals surface area (Å²) >= 11 is 0. The molecule has 0 saturated carbocycles. The summed E-state index contributed by atoms with van der Waals surface area (Å²) in [4.78, 5) is 0. The Balaban J connectivity index is 3.03. The van der Waals surface area contributed by atoms with Gasteiger partial charge in [-0.2, -0.15) is 13.2 Å². The highest BCUT2D eigenvalue weighted by molar-refractivity contribution is 5.33. The molecule has 0 N–H and O–H groups in total. The van der Waals surface area contributed by atoms with Crippen LogP contribution in [-0.2, 0) is 4.74 Å². The second-order valence-electron chi connectivity index (χ2n) is 2.08. The van der Waals surface area contributed by atoms with Crippen LogP contribution in [-0.4, -0.2) is 13.3 Å². The largest absolute Gasteiger partial charge is 0.496 e. The Morgan fingerprint density at radius 2 is 2.08 bits per heavy atom. The van der Waals surface area contributed by atoms with Gasteiger partial charge in [0.05, 0.1) is 7.11 Å². The van der Waals surface area contributed by atoms with E-state index < -0.39 is 11.7 Å². The minimum absolute atomic E-state index is 0.126. The molecular weight excluding hydrogens is 169 g/mol. The van der Waals surface area contributed by atoms with Gasteiger partial charge in [0.1, 0.15) is 11.3 Å². The third kappa shape index (κ3) is 1.82. The standard InChI is InChI=1S/C8H5F3O/c1-12-7-4-2-3-6(5-7)8(9,10)11/h4-5H,1H3. The van der Waals surface area contributed by atoms with Crippen molar-refractivity contribution < 1.29 is 17.9 Å². The van der Waals surface area contributed by atoms with E-state index in [4.69, 9.17) is 0 Å². The number of ether oxygens (including phenoxy) is 1. The first-order chi connectivity index (χ1) is 5.54. The Hall–Kier alpha value is -1.37. The second-order valence-corrected chi connectivity index (χ2v) is 2.08. The average Bonchev–Trinajstić information content (AvgIpc) is 2.03. The predicted octanol–water partition coefficient (Wildman–Crippen LogP) is 2.33. The van der Waals surface area contributed by atoms with Gasteiger partial charge in [-0.15, -0.1) is 0 Å². The summed E-state index contributed by atoms with van der Waals surface area (Å²) in [7, 11) is 1.29. The summed E-state index contributed by atoms with van der Waals surface area (Å²) in [5.74, 6) is 0.126. The highest BCUT2D eigenvalue weighted by atomic mass is 19.4. The lowest BCUT2D eigenvalue weighted by Crippen LogP contribution is -2.10. The van der Waals surface area contributed by atoms with Gasteiger partial charge in [-0.3, -0.25) is 0 Å². The van der Waals surface area contributed by atoms with E-state index in [1.54, 1.807) is 0 Å². The minimum atomic E-state index is -4.38. The minimum Gasteiger partial charge on any atom is -0.496 e. The van der Waals surface area contributed by atoms with Crippen molar-refractivity contribution in [3.05, 3.63) is 34.9 Å². The molecule has 0 aromatic carbocycles. The smallest absolute Gasteiger partial charge is 0.424 e. The fourth-order valence-corrected chi connectivity index (χ4v) is 0.676. The van der Waals surface area contributed by atoms with Gasteiger partial charge in [-0.25, -0.2) is 0 Å². The first-order valence-corrected chi connectivity index (χ1v) is 3.08. The Morgan fingerprint density at radius 3 is 2.58 bits per heavy atom. The monoisotopic (exact) mass is 174 g/mol. The molecule has 0 saturated heterocycles. The van der Waals surface area contributed by atoms with Crippen LogP contribution in [0, 0.1) is 0 Å². The molecule has 0 atom stereocenters. The van der Waals surface area contributed by atoms with Crippen LogP contribution in [0.25, 0.3) is 0 Å². The zero-order chi connectivity index (χ0) is 9.19. The molecule has 0 heterocycles. The van der Waals surface area contributed by atoms with Gasteiger partial charge in [-0.05, 0) is 0 Å². The highest BCUT2D eigenvalue weighted by Crippen LogP contribution is 2.27. The van der Waals surface area contributed by atoms with Crippen molar-refractivity contribution in [1.29, 1.82) is 0 Å². The van der Waals surface area contributed by atoms with Crippen LogP contribution >= 0.6 is 0 Å². The number of allylic oxidation sites excluding steroid dienone is 3. The molecule has 12 heavy (non-hydrogen) atoms. The number of rotatable bonds is 1. The van der Waals surface area contributed by atoms with Crippen LogP contribution in [0.5, 0.6) is 0 Å². The molecule has 1 nitrogen and oxygen atoms in total. The average molecular weight is 174 g/mol. The predicted molar refractivity (Wildman–Crippen MR) is 36.3 cm³/mol. The van der Waals surface area contributed by atoms with Crippen LogP contribution < -0.4 is 0 Å². The van der Waals surface area contributed by atoms with Crippen molar-refractivity contribution in [3.8, 4) is 0 Å². The summed E-state index contributed by atoms with van der Waals surface area (Å²) in [6, 6.07) is 0. The molecule has 0 unspecified atom stereocenters. The summed E-state index contributed by atoms with van der Waals surface area (Å²) in [5, 5.41) is 0. The molecule has 1 rings (SSSR count).